The third-order valence-corrected chi connectivity index (χ3v) is 4.01. The number of amides is 2. The zero-order valence-corrected chi connectivity index (χ0v) is 13.0. The molecule has 3 aromatic rings. The smallest absolute Gasteiger partial charge is 0.249 e. The van der Waals surface area contributed by atoms with Crippen molar-refractivity contribution in [3.8, 4) is 0 Å². The summed E-state index contributed by atoms with van der Waals surface area (Å²) in [6, 6.07) is 12.8. The number of hydrogen-bond donors (Lipinski definition) is 2. The quantitative estimate of drug-likeness (QED) is 0.758. The number of hydrogen-bond acceptors (Lipinski definition) is 4. The maximum Gasteiger partial charge on any atom is 0.249 e. The molecule has 0 radical (unpaired) electrons. The summed E-state index contributed by atoms with van der Waals surface area (Å²) in [6.45, 7) is 1.72. The molecule has 2 aromatic carbocycles. The van der Waals surface area contributed by atoms with Crippen LogP contribution in [0.2, 0.25) is 0 Å². The third kappa shape index (κ3) is 2.40. The van der Waals surface area contributed by atoms with E-state index in [2.05, 4.69) is 20.7 Å². The fraction of sp³-hybridized carbons (Fsp3) is 0.176. The third-order valence-electron chi connectivity index (χ3n) is 4.01. The Morgan fingerprint density at radius 2 is 2.04 bits per heavy atom. The monoisotopic (exact) mass is 321 g/mol. The molecule has 1 aliphatic rings. The van der Waals surface area contributed by atoms with Crippen molar-refractivity contribution in [1.29, 1.82) is 0 Å². The minimum Gasteiger partial charge on any atom is -0.324 e. The maximum absolute atomic E-state index is 12.7. The predicted octanol–water partition coefficient (Wildman–Crippen LogP) is 2.26. The Labute approximate surface area is 137 Å². The number of fused-ring (bicyclic) bond motifs is 2. The van der Waals surface area contributed by atoms with Gasteiger partial charge in [-0.1, -0.05) is 36.4 Å². The fourth-order valence-electron chi connectivity index (χ4n) is 2.92. The summed E-state index contributed by atoms with van der Waals surface area (Å²) >= 11 is 0. The molecule has 7 nitrogen and oxygen atoms in total. The van der Waals surface area contributed by atoms with E-state index in [1.807, 2.05) is 42.5 Å². The summed E-state index contributed by atoms with van der Waals surface area (Å²) in [7, 11) is 0. The predicted molar refractivity (Wildman–Crippen MR) is 89.6 cm³/mol. The van der Waals surface area contributed by atoms with Crippen molar-refractivity contribution >= 4 is 34.2 Å². The molecule has 120 valence electrons. The van der Waals surface area contributed by atoms with Crippen LogP contribution in [-0.4, -0.2) is 26.6 Å². The molecule has 2 amide bonds. The summed E-state index contributed by atoms with van der Waals surface area (Å²) in [5.74, 6) is 0.289. The molecule has 24 heavy (non-hydrogen) atoms. The number of nitrogens with one attached hydrogen (secondary N) is 2. The van der Waals surface area contributed by atoms with Crippen LogP contribution in [0.15, 0.2) is 42.5 Å². The number of carbonyl (C=O) groups excluding carboxylic acids is 2. The zero-order chi connectivity index (χ0) is 16.7. The summed E-state index contributed by atoms with van der Waals surface area (Å²) < 4.78 is 1.47. The summed E-state index contributed by atoms with van der Waals surface area (Å²) in [4.78, 5) is 28.7. The van der Waals surface area contributed by atoms with Gasteiger partial charge in [-0.25, -0.2) is 4.68 Å². The van der Waals surface area contributed by atoms with Gasteiger partial charge in [0.05, 0.1) is 6.42 Å². The highest BCUT2D eigenvalue weighted by Crippen LogP contribution is 2.27. The number of aromatic nitrogens is 3. The standard InChI is InChI=1S/C17H15N5O2/c1-10-18-17-20-15(23)9-14(22(17)21-10)16(24)19-13-8-4-6-11-5-2-3-7-12(11)13/h2-8,14H,9H2,1H3,(H,19,24)(H,18,20,21,23). The van der Waals surface area contributed by atoms with E-state index >= 15 is 0 Å². The van der Waals surface area contributed by atoms with Crippen molar-refractivity contribution in [2.75, 3.05) is 10.6 Å². The van der Waals surface area contributed by atoms with Crippen molar-refractivity contribution in [2.24, 2.45) is 0 Å². The highest BCUT2D eigenvalue weighted by Gasteiger charge is 2.32. The largest absolute Gasteiger partial charge is 0.324 e. The van der Waals surface area contributed by atoms with Gasteiger partial charge in [-0.05, 0) is 18.4 Å². The lowest BCUT2D eigenvalue weighted by Crippen LogP contribution is -2.36. The first-order valence-corrected chi connectivity index (χ1v) is 7.63. The first kappa shape index (κ1) is 14.4. The summed E-state index contributed by atoms with van der Waals surface area (Å²) in [5.41, 5.74) is 0.711. The number of benzene rings is 2. The number of anilines is 2. The van der Waals surface area contributed by atoms with Crippen LogP contribution >= 0.6 is 0 Å². The second kappa shape index (κ2) is 5.45. The van der Waals surface area contributed by atoms with E-state index in [-0.39, 0.29) is 18.2 Å². The summed E-state index contributed by atoms with van der Waals surface area (Å²) in [6.07, 6.45) is 0.0341. The van der Waals surface area contributed by atoms with Crippen molar-refractivity contribution < 1.29 is 9.59 Å². The van der Waals surface area contributed by atoms with Crippen molar-refractivity contribution in [1.82, 2.24) is 14.8 Å². The van der Waals surface area contributed by atoms with Gasteiger partial charge >= 0.3 is 0 Å². The van der Waals surface area contributed by atoms with Crippen LogP contribution in [0.3, 0.4) is 0 Å². The Bertz CT molecular complexity index is 957. The van der Waals surface area contributed by atoms with Gasteiger partial charge < -0.3 is 5.32 Å². The topological polar surface area (TPSA) is 88.9 Å². The van der Waals surface area contributed by atoms with E-state index in [1.54, 1.807) is 6.92 Å². The number of rotatable bonds is 2. The van der Waals surface area contributed by atoms with Gasteiger partial charge in [0.25, 0.3) is 0 Å². The average molecular weight is 321 g/mol. The van der Waals surface area contributed by atoms with Gasteiger partial charge in [0.1, 0.15) is 11.9 Å². The molecular formula is C17H15N5O2. The Morgan fingerprint density at radius 1 is 1.25 bits per heavy atom. The van der Waals surface area contributed by atoms with Crippen molar-refractivity contribution in [3.63, 3.8) is 0 Å². The number of aryl methyl sites for hydroxylation is 1. The molecule has 0 saturated carbocycles. The molecule has 0 aliphatic carbocycles. The maximum atomic E-state index is 12.7. The van der Waals surface area contributed by atoms with Gasteiger partial charge in [0.2, 0.25) is 17.8 Å². The molecule has 2 N–H and O–H groups in total. The first-order chi connectivity index (χ1) is 11.6. The highest BCUT2D eigenvalue weighted by molar-refractivity contribution is 6.05. The Morgan fingerprint density at radius 3 is 2.92 bits per heavy atom. The molecule has 0 fully saturated rings. The molecule has 0 bridgehead atoms. The molecule has 1 unspecified atom stereocenters. The molecule has 0 spiro atoms. The Hall–Kier alpha value is -3.22. The van der Waals surface area contributed by atoms with Gasteiger partial charge in [0.15, 0.2) is 0 Å². The minimum absolute atomic E-state index is 0.0341. The van der Waals surface area contributed by atoms with E-state index in [1.165, 1.54) is 4.68 Å². The SMILES string of the molecule is Cc1nc2n(n1)C(C(=O)Nc1cccc3ccccc13)CC(=O)N2. The van der Waals surface area contributed by atoms with Gasteiger partial charge in [-0.15, -0.1) is 0 Å². The second-order valence-corrected chi connectivity index (χ2v) is 5.71. The molecule has 4 rings (SSSR count). The number of nitrogens with zero attached hydrogens (tertiary/aromatic N) is 3. The normalized spacial score (nSPS) is 16.5. The van der Waals surface area contributed by atoms with Crippen LogP contribution < -0.4 is 10.6 Å². The molecule has 7 heteroatoms. The van der Waals surface area contributed by atoms with Gasteiger partial charge in [-0.3, -0.25) is 14.9 Å². The summed E-state index contributed by atoms with van der Waals surface area (Å²) in [5, 5.41) is 11.8. The zero-order valence-electron chi connectivity index (χ0n) is 13.0. The highest BCUT2D eigenvalue weighted by atomic mass is 16.2. The first-order valence-electron chi connectivity index (χ1n) is 7.63. The fourth-order valence-corrected chi connectivity index (χ4v) is 2.92. The van der Waals surface area contributed by atoms with Gasteiger partial charge in [-0.2, -0.15) is 10.1 Å². The molecule has 1 aromatic heterocycles. The molecule has 1 aliphatic heterocycles. The molecule has 0 saturated heterocycles. The second-order valence-electron chi connectivity index (χ2n) is 5.71. The number of carbonyl (C=O) groups is 2. The van der Waals surface area contributed by atoms with Crippen LogP contribution in [0.25, 0.3) is 10.8 Å². The lowest BCUT2D eigenvalue weighted by Gasteiger charge is -2.22. The van der Waals surface area contributed by atoms with E-state index in [0.717, 1.165) is 10.8 Å². The van der Waals surface area contributed by atoms with E-state index in [4.69, 9.17) is 0 Å². The lowest BCUT2D eigenvalue weighted by atomic mass is 10.1. The van der Waals surface area contributed by atoms with E-state index in [9.17, 15) is 9.59 Å². The van der Waals surface area contributed by atoms with Gasteiger partial charge in [0, 0.05) is 11.1 Å². The van der Waals surface area contributed by atoms with Crippen LogP contribution in [0.1, 0.15) is 18.3 Å². The van der Waals surface area contributed by atoms with Crippen LogP contribution in [-0.2, 0) is 9.59 Å². The van der Waals surface area contributed by atoms with E-state index in [0.29, 0.717) is 17.5 Å². The molecule has 1 atom stereocenters. The Kier molecular flexibility index (Phi) is 3.26. The van der Waals surface area contributed by atoms with Crippen molar-refractivity contribution in [3.05, 3.63) is 48.3 Å². The van der Waals surface area contributed by atoms with Crippen molar-refractivity contribution in [2.45, 2.75) is 19.4 Å². The Balaban J connectivity index is 1.68. The molecule has 2 heterocycles. The average Bonchev–Trinajstić information content (AvgIpc) is 2.94. The van der Waals surface area contributed by atoms with Crippen LogP contribution in [0, 0.1) is 6.92 Å². The van der Waals surface area contributed by atoms with E-state index < -0.39 is 6.04 Å². The van der Waals surface area contributed by atoms with Crippen LogP contribution in [0.4, 0.5) is 11.6 Å². The van der Waals surface area contributed by atoms with Crippen LogP contribution in [0.5, 0.6) is 0 Å². The minimum atomic E-state index is -0.714. The lowest BCUT2D eigenvalue weighted by molar-refractivity contribution is -0.125. The molecular weight excluding hydrogens is 306 g/mol.